The van der Waals surface area contributed by atoms with Crippen molar-refractivity contribution in [1.29, 1.82) is 0 Å². The Morgan fingerprint density at radius 2 is 1.00 bits per heavy atom. The molecule has 5 aromatic carbocycles. The van der Waals surface area contributed by atoms with Gasteiger partial charge < -0.3 is 0 Å². The Labute approximate surface area is 232 Å². The fraction of sp³-hybridized carbons (Fsp3) is 0. The molecule has 40 heavy (non-hydrogen) atoms. The largest absolute Gasteiger partial charge is 0.256 e. The van der Waals surface area contributed by atoms with Gasteiger partial charge in [-0.15, -0.1) is 0 Å². The van der Waals surface area contributed by atoms with Crippen LogP contribution in [0.5, 0.6) is 0 Å². The summed E-state index contributed by atoms with van der Waals surface area (Å²) in [6.07, 6.45) is 1.82. The lowest BCUT2D eigenvalue weighted by atomic mass is 9.96. The Morgan fingerprint density at radius 1 is 0.375 bits per heavy atom. The summed E-state index contributed by atoms with van der Waals surface area (Å²) in [6, 6.07) is 46.5. The van der Waals surface area contributed by atoms with Crippen molar-refractivity contribution in [2.75, 3.05) is 0 Å². The summed E-state index contributed by atoms with van der Waals surface area (Å²) in [7, 11) is 0. The molecule has 3 heteroatoms. The molecule has 0 saturated heterocycles. The molecule has 0 aliphatic heterocycles. The van der Waals surface area contributed by atoms with Crippen molar-refractivity contribution >= 4 is 10.8 Å². The van der Waals surface area contributed by atoms with Gasteiger partial charge in [-0.25, -0.2) is 9.97 Å². The Bertz CT molecular complexity index is 2000. The van der Waals surface area contributed by atoms with Crippen LogP contribution in [0, 0.1) is 0 Å². The van der Waals surface area contributed by atoms with Crippen LogP contribution in [0.1, 0.15) is 0 Å². The van der Waals surface area contributed by atoms with E-state index in [2.05, 4.69) is 102 Å². The van der Waals surface area contributed by atoms with E-state index >= 15 is 0 Å². The lowest BCUT2D eigenvalue weighted by Gasteiger charge is -2.13. The maximum atomic E-state index is 5.12. The van der Waals surface area contributed by atoms with Crippen molar-refractivity contribution in [2.24, 2.45) is 0 Å². The Kier molecular flexibility index (Phi) is 5.14. The van der Waals surface area contributed by atoms with E-state index in [1.807, 2.05) is 42.6 Å². The van der Waals surface area contributed by atoms with Crippen LogP contribution >= 0.6 is 0 Å². The fourth-order valence-electron chi connectivity index (χ4n) is 5.83. The van der Waals surface area contributed by atoms with Gasteiger partial charge in [0.15, 0.2) is 5.82 Å². The van der Waals surface area contributed by atoms with E-state index in [0.717, 1.165) is 39.3 Å². The predicted octanol–water partition coefficient (Wildman–Crippen LogP) is 9.34. The highest BCUT2D eigenvalue weighted by molar-refractivity contribution is 6.18. The topological polar surface area (TPSA) is 38.7 Å². The van der Waals surface area contributed by atoms with Crippen molar-refractivity contribution in [2.45, 2.75) is 0 Å². The first-order chi connectivity index (χ1) is 19.8. The van der Waals surface area contributed by atoms with Gasteiger partial charge in [-0.1, -0.05) is 115 Å². The second kappa shape index (κ2) is 9.11. The molecule has 2 aromatic heterocycles. The number of nitrogens with zero attached hydrogens (tertiary/aromatic N) is 3. The van der Waals surface area contributed by atoms with Crippen LogP contribution in [-0.4, -0.2) is 15.0 Å². The molecule has 0 unspecified atom stereocenters. The Balaban J connectivity index is 1.32. The van der Waals surface area contributed by atoms with Gasteiger partial charge >= 0.3 is 0 Å². The number of aromatic nitrogens is 3. The van der Waals surface area contributed by atoms with Crippen LogP contribution in [0.15, 0.2) is 140 Å². The fourth-order valence-corrected chi connectivity index (χ4v) is 5.83. The Hall–Kier alpha value is -5.41. The zero-order valence-corrected chi connectivity index (χ0v) is 21.6. The van der Waals surface area contributed by atoms with Crippen LogP contribution in [-0.2, 0) is 0 Å². The van der Waals surface area contributed by atoms with Gasteiger partial charge in [0.1, 0.15) is 0 Å². The molecule has 0 N–H and O–H groups in total. The van der Waals surface area contributed by atoms with Gasteiger partial charge in [0, 0.05) is 28.5 Å². The Morgan fingerprint density at radius 3 is 1.75 bits per heavy atom. The summed E-state index contributed by atoms with van der Waals surface area (Å²) < 4.78 is 0. The summed E-state index contributed by atoms with van der Waals surface area (Å²) >= 11 is 0. The quantitative estimate of drug-likeness (QED) is 0.237. The summed E-state index contributed by atoms with van der Waals surface area (Å²) in [5.41, 5.74) is 12.1. The van der Waals surface area contributed by atoms with Gasteiger partial charge in [-0.2, -0.15) is 0 Å². The van der Waals surface area contributed by atoms with E-state index in [1.54, 1.807) is 0 Å². The highest BCUT2D eigenvalue weighted by Crippen LogP contribution is 2.49. The average Bonchev–Trinajstić information content (AvgIpc) is 3.37. The second-order valence-electron chi connectivity index (χ2n) is 10.1. The number of pyridine rings is 1. The van der Waals surface area contributed by atoms with Gasteiger partial charge in [-0.3, -0.25) is 4.98 Å². The monoisotopic (exact) mass is 509 g/mol. The third-order valence-corrected chi connectivity index (χ3v) is 7.72. The standard InChI is InChI=1S/C37H23N3/c1-2-9-26(10-3-1)37-39-34(25-18-16-24(17-19-25)33-15-6-7-22-38-33)23-35(40-37)29-20-21-32-28-12-5-4-11-27(28)30-13-8-14-31(29)36(30)32/h1-23H. The molecule has 1 aliphatic rings. The minimum absolute atomic E-state index is 0.716. The van der Waals surface area contributed by atoms with Crippen LogP contribution in [0.3, 0.4) is 0 Å². The van der Waals surface area contributed by atoms with Gasteiger partial charge in [-0.05, 0) is 51.2 Å². The van der Waals surface area contributed by atoms with Crippen molar-refractivity contribution in [3.8, 4) is 67.4 Å². The van der Waals surface area contributed by atoms with Gasteiger partial charge in [0.2, 0.25) is 0 Å². The molecule has 0 fully saturated rings. The number of benzene rings is 5. The van der Waals surface area contributed by atoms with Crippen LogP contribution < -0.4 is 0 Å². The van der Waals surface area contributed by atoms with E-state index in [1.165, 1.54) is 33.0 Å². The molecular formula is C37H23N3. The minimum atomic E-state index is 0.716. The molecule has 2 heterocycles. The maximum Gasteiger partial charge on any atom is 0.160 e. The van der Waals surface area contributed by atoms with E-state index in [4.69, 9.17) is 9.97 Å². The first kappa shape index (κ1) is 22.6. The molecule has 0 atom stereocenters. The smallest absolute Gasteiger partial charge is 0.160 e. The van der Waals surface area contributed by atoms with Gasteiger partial charge in [0.25, 0.3) is 0 Å². The van der Waals surface area contributed by atoms with Crippen molar-refractivity contribution in [1.82, 2.24) is 15.0 Å². The molecule has 0 bridgehead atoms. The van der Waals surface area contributed by atoms with Crippen LogP contribution in [0.25, 0.3) is 78.2 Å². The molecule has 3 nitrogen and oxygen atoms in total. The summed E-state index contributed by atoms with van der Waals surface area (Å²) in [5.74, 6) is 0.716. The zero-order valence-electron chi connectivity index (χ0n) is 21.6. The van der Waals surface area contributed by atoms with Gasteiger partial charge in [0.05, 0.1) is 17.1 Å². The normalized spacial score (nSPS) is 11.5. The number of rotatable bonds is 4. The number of fused-ring (bicyclic) bond motifs is 3. The third-order valence-electron chi connectivity index (χ3n) is 7.72. The molecule has 0 saturated carbocycles. The molecular weight excluding hydrogens is 486 g/mol. The SMILES string of the molecule is c1ccc(-c2nc(-c3ccc(-c4ccccn4)cc3)cc(-c3ccc4c5c(cccc35)-c3ccccc3-4)n2)cc1. The second-order valence-corrected chi connectivity index (χ2v) is 10.1. The lowest BCUT2D eigenvalue weighted by Crippen LogP contribution is -1.96. The first-order valence-electron chi connectivity index (χ1n) is 13.5. The van der Waals surface area contributed by atoms with E-state index < -0.39 is 0 Å². The highest BCUT2D eigenvalue weighted by atomic mass is 14.9. The molecule has 0 spiro atoms. The maximum absolute atomic E-state index is 5.12. The van der Waals surface area contributed by atoms with Crippen molar-refractivity contribution in [3.63, 3.8) is 0 Å². The summed E-state index contributed by atoms with van der Waals surface area (Å²) in [4.78, 5) is 14.7. The van der Waals surface area contributed by atoms with Crippen molar-refractivity contribution < 1.29 is 0 Å². The molecule has 0 amide bonds. The van der Waals surface area contributed by atoms with Crippen LogP contribution in [0.4, 0.5) is 0 Å². The molecule has 1 aliphatic carbocycles. The van der Waals surface area contributed by atoms with Crippen LogP contribution in [0.2, 0.25) is 0 Å². The van der Waals surface area contributed by atoms with E-state index in [9.17, 15) is 0 Å². The zero-order chi connectivity index (χ0) is 26.5. The highest BCUT2D eigenvalue weighted by Gasteiger charge is 2.23. The van der Waals surface area contributed by atoms with E-state index in [0.29, 0.717) is 5.82 Å². The molecule has 7 aromatic rings. The number of hydrogen-bond donors (Lipinski definition) is 0. The minimum Gasteiger partial charge on any atom is -0.256 e. The summed E-state index contributed by atoms with van der Waals surface area (Å²) in [6.45, 7) is 0. The molecule has 0 radical (unpaired) electrons. The lowest BCUT2D eigenvalue weighted by molar-refractivity contribution is 1.18. The molecule has 8 rings (SSSR count). The van der Waals surface area contributed by atoms with E-state index in [-0.39, 0.29) is 0 Å². The molecule has 186 valence electrons. The average molecular weight is 510 g/mol. The number of hydrogen-bond acceptors (Lipinski definition) is 3. The third kappa shape index (κ3) is 3.63. The predicted molar refractivity (Wildman–Crippen MR) is 164 cm³/mol. The summed E-state index contributed by atoms with van der Waals surface area (Å²) in [5, 5.41) is 2.50. The first-order valence-corrected chi connectivity index (χ1v) is 13.5. The van der Waals surface area contributed by atoms with Crippen molar-refractivity contribution in [3.05, 3.63) is 140 Å².